The summed E-state index contributed by atoms with van der Waals surface area (Å²) >= 11 is 0. The lowest BCUT2D eigenvalue weighted by Crippen LogP contribution is -2.60. The summed E-state index contributed by atoms with van der Waals surface area (Å²) < 4.78 is 5.37. The fourth-order valence-corrected chi connectivity index (χ4v) is 2.65. The molecule has 0 unspecified atom stereocenters. The highest BCUT2D eigenvalue weighted by Gasteiger charge is 2.52. The van der Waals surface area contributed by atoms with E-state index >= 15 is 0 Å². The van der Waals surface area contributed by atoms with Crippen molar-refractivity contribution in [3.63, 3.8) is 0 Å². The molecule has 0 radical (unpaired) electrons. The maximum absolute atomic E-state index is 12.1. The maximum Gasteiger partial charge on any atom is 0.309 e. The number of benzene rings is 1. The van der Waals surface area contributed by atoms with Gasteiger partial charge in [-0.1, -0.05) is 44.2 Å². The van der Waals surface area contributed by atoms with Gasteiger partial charge in [-0.25, -0.2) is 0 Å². The minimum atomic E-state index is -0.251. The highest BCUT2D eigenvalue weighted by atomic mass is 16.5. The van der Waals surface area contributed by atoms with E-state index in [0.717, 1.165) is 5.56 Å². The Balaban J connectivity index is 1.87. The molecule has 0 saturated heterocycles. The van der Waals surface area contributed by atoms with E-state index in [1.807, 2.05) is 44.2 Å². The van der Waals surface area contributed by atoms with E-state index in [-0.39, 0.29) is 29.3 Å². The first-order valence-electron chi connectivity index (χ1n) is 6.89. The van der Waals surface area contributed by atoms with Crippen molar-refractivity contribution in [1.82, 2.24) is 5.32 Å². The van der Waals surface area contributed by atoms with Crippen LogP contribution in [0.1, 0.15) is 32.8 Å². The third kappa shape index (κ3) is 3.00. The average molecular weight is 275 g/mol. The van der Waals surface area contributed by atoms with Gasteiger partial charge in [-0.05, 0) is 17.4 Å². The fraction of sp³-hybridized carbons (Fsp3) is 0.500. The Labute approximate surface area is 119 Å². The van der Waals surface area contributed by atoms with Gasteiger partial charge in [-0.15, -0.1) is 0 Å². The SMILES string of the molecule is CC(=O)N[C@@H]1C[C@H](C(=O)OCc2ccccc2)C1(C)C. The first-order chi connectivity index (χ1) is 9.41. The zero-order valence-electron chi connectivity index (χ0n) is 12.2. The van der Waals surface area contributed by atoms with Gasteiger partial charge in [-0.2, -0.15) is 0 Å². The lowest BCUT2D eigenvalue weighted by atomic mass is 9.58. The summed E-state index contributed by atoms with van der Waals surface area (Å²) in [6, 6.07) is 9.68. The Hall–Kier alpha value is -1.84. The van der Waals surface area contributed by atoms with Crippen molar-refractivity contribution in [2.45, 2.75) is 39.8 Å². The summed E-state index contributed by atoms with van der Waals surface area (Å²) in [4.78, 5) is 23.2. The van der Waals surface area contributed by atoms with Gasteiger partial charge in [0.15, 0.2) is 0 Å². The number of hydrogen-bond acceptors (Lipinski definition) is 3. The molecule has 4 heteroatoms. The van der Waals surface area contributed by atoms with Crippen LogP contribution in [0.25, 0.3) is 0 Å². The minimum absolute atomic E-state index is 0.0503. The van der Waals surface area contributed by atoms with Gasteiger partial charge in [0.2, 0.25) is 5.91 Å². The lowest BCUT2D eigenvalue weighted by molar-refractivity contribution is -0.164. The van der Waals surface area contributed by atoms with E-state index in [4.69, 9.17) is 4.74 Å². The second-order valence-electron chi connectivity index (χ2n) is 5.96. The molecule has 2 atom stereocenters. The molecular formula is C16H21NO3. The monoisotopic (exact) mass is 275 g/mol. The van der Waals surface area contributed by atoms with E-state index < -0.39 is 0 Å². The summed E-state index contributed by atoms with van der Waals surface area (Å²) in [6.45, 7) is 5.78. The van der Waals surface area contributed by atoms with Crippen molar-refractivity contribution >= 4 is 11.9 Å². The molecule has 1 aromatic carbocycles. The standard InChI is InChI=1S/C16H21NO3/c1-11(18)17-14-9-13(16(14,2)3)15(19)20-10-12-7-5-4-6-8-12/h4-8,13-14H,9-10H2,1-3H3,(H,17,18)/t13-,14-/m1/s1. The van der Waals surface area contributed by atoms with Crippen LogP contribution >= 0.6 is 0 Å². The highest BCUT2D eigenvalue weighted by Crippen LogP contribution is 2.46. The molecule has 2 rings (SSSR count). The molecule has 1 fully saturated rings. The van der Waals surface area contributed by atoms with Crippen LogP contribution < -0.4 is 5.32 Å². The number of rotatable bonds is 4. The topological polar surface area (TPSA) is 55.4 Å². The average Bonchev–Trinajstić information content (AvgIpc) is 2.41. The molecule has 0 aliphatic heterocycles. The van der Waals surface area contributed by atoms with Crippen LogP contribution in [0.2, 0.25) is 0 Å². The number of nitrogens with one attached hydrogen (secondary N) is 1. The van der Waals surface area contributed by atoms with Crippen LogP contribution in [0.15, 0.2) is 30.3 Å². The number of amides is 1. The lowest BCUT2D eigenvalue weighted by Gasteiger charge is -2.50. The molecule has 1 aliphatic rings. The summed E-state index contributed by atoms with van der Waals surface area (Å²) in [5.74, 6) is -0.386. The second-order valence-corrected chi connectivity index (χ2v) is 5.96. The first-order valence-corrected chi connectivity index (χ1v) is 6.89. The van der Waals surface area contributed by atoms with Gasteiger partial charge in [0.25, 0.3) is 0 Å². The zero-order valence-corrected chi connectivity index (χ0v) is 12.2. The van der Waals surface area contributed by atoms with Crippen molar-refractivity contribution in [3.05, 3.63) is 35.9 Å². The van der Waals surface area contributed by atoms with Crippen LogP contribution in [-0.2, 0) is 20.9 Å². The third-order valence-electron chi connectivity index (χ3n) is 4.15. The smallest absolute Gasteiger partial charge is 0.309 e. The van der Waals surface area contributed by atoms with E-state index in [1.54, 1.807) is 0 Å². The summed E-state index contributed by atoms with van der Waals surface area (Å²) in [6.07, 6.45) is 0.653. The highest BCUT2D eigenvalue weighted by molar-refractivity contribution is 5.77. The van der Waals surface area contributed by atoms with E-state index in [1.165, 1.54) is 6.92 Å². The van der Waals surface area contributed by atoms with Gasteiger partial charge < -0.3 is 10.1 Å². The largest absolute Gasteiger partial charge is 0.461 e. The van der Waals surface area contributed by atoms with Crippen molar-refractivity contribution in [3.8, 4) is 0 Å². The zero-order chi connectivity index (χ0) is 14.8. The molecule has 1 N–H and O–H groups in total. The quantitative estimate of drug-likeness (QED) is 0.858. The number of esters is 1. The molecule has 0 spiro atoms. The molecule has 1 amide bonds. The summed E-state index contributed by atoms with van der Waals surface area (Å²) in [7, 11) is 0. The third-order valence-corrected chi connectivity index (χ3v) is 4.15. The molecule has 0 aromatic heterocycles. The Morgan fingerprint density at radius 2 is 1.95 bits per heavy atom. The van der Waals surface area contributed by atoms with Gasteiger partial charge in [0, 0.05) is 13.0 Å². The fourth-order valence-electron chi connectivity index (χ4n) is 2.65. The molecule has 0 bridgehead atoms. The minimum Gasteiger partial charge on any atom is -0.461 e. The second kappa shape index (κ2) is 5.65. The van der Waals surface area contributed by atoms with Crippen LogP contribution in [0.4, 0.5) is 0 Å². The van der Waals surface area contributed by atoms with Crippen molar-refractivity contribution in [1.29, 1.82) is 0 Å². The van der Waals surface area contributed by atoms with Crippen LogP contribution in [0, 0.1) is 11.3 Å². The Morgan fingerprint density at radius 3 is 2.50 bits per heavy atom. The maximum atomic E-state index is 12.1. The molecular weight excluding hydrogens is 254 g/mol. The Bertz CT molecular complexity index is 496. The van der Waals surface area contributed by atoms with Crippen LogP contribution in [-0.4, -0.2) is 17.9 Å². The van der Waals surface area contributed by atoms with E-state index in [2.05, 4.69) is 5.32 Å². The Morgan fingerprint density at radius 1 is 1.30 bits per heavy atom. The van der Waals surface area contributed by atoms with Crippen molar-refractivity contribution in [2.24, 2.45) is 11.3 Å². The molecule has 1 aromatic rings. The molecule has 1 saturated carbocycles. The van der Waals surface area contributed by atoms with Crippen LogP contribution in [0.5, 0.6) is 0 Å². The number of hydrogen-bond donors (Lipinski definition) is 1. The van der Waals surface area contributed by atoms with Gasteiger partial charge >= 0.3 is 5.97 Å². The predicted octanol–water partition coefficient (Wildman–Crippen LogP) is 2.28. The van der Waals surface area contributed by atoms with Gasteiger partial charge in [-0.3, -0.25) is 9.59 Å². The Kier molecular flexibility index (Phi) is 4.12. The number of carbonyl (C=O) groups is 2. The van der Waals surface area contributed by atoms with Crippen LogP contribution in [0.3, 0.4) is 0 Å². The van der Waals surface area contributed by atoms with Gasteiger partial charge in [0.05, 0.1) is 5.92 Å². The number of ether oxygens (including phenoxy) is 1. The molecule has 20 heavy (non-hydrogen) atoms. The molecule has 1 aliphatic carbocycles. The first kappa shape index (κ1) is 14.6. The predicted molar refractivity (Wildman–Crippen MR) is 75.7 cm³/mol. The van der Waals surface area contributed by atoms with E-state index in [9.17, 15) is 9.59 Å². The molecule has 108 valence electrons. The van der Waals surface area contributed by atoms with Gasteiger partial charge in [0.1, 0.15) is 6.61 Å². The molecule has 0 heterocycles. The number of carbonyl (C=O) groups excluding carboxylic acids is 2. The summed E-state index contributed by atoms with van der Waals surface area (Å²) in [5.41, 5.74) is 0.732. The summed E-state index contributed by atoms with van der Waals surface area (Å²) in [5, 5.41) is 2.88. The normalized spacial score (nSPS) is 23.6. The van der Waals surface area contributed by atoms with Crippen molar-refractivity contribution in [2.75, 3.05) is 0 Å². The molecule has 4 nitrogen and oxygen atoms in total. The van der Waals surface area contributed by atoms with E-state index in [0.29, 0.717) is 13.0 Å². The van der Waals surface area contributed by atoms with Crippen molar-refractivity contribution < 1.29 is 14.3 Å².